The minimum atomic E-state index is -0.235. The van der Waals surface area contributed by atoms with E-state index in [1.807, 2.05) is 49.3 Å². The zero-order chi connectivity index (χ0) is 29.3. The van der Waals surface area contributed by atoms with Gasteiger partial charge in [-0.2, -0.15) is 10.1 Å². The third-order valence-corrected chi connectivity index (χ3v) is 6.41. The van der Waals surface area contributed by atoms with Gasteiger partial charge >= 0.3 is 0 Å². The third kappa shape index (κ3) is 7.60. The molecule has 0 bridgehead atoms. The number of carbonyl (C=O) groups is 1. The van der Waals surface area contributed by atoms with Crippen LogP contribution in [0.15, 0.2) is 109 Å². The van der Waals surface area contributed by atoms with Crippen LogP contribution in [0.5, 0.6) is 11.6 Å². The van der Waals surface area contributed by atoms with Gasteiger partial charge < -0.3 is 19.5 Å². The molecule has 0 fully saturated rings. The summed E-state index contributed by atoms with van der Waals surface area (Å²) in [4.78, 5) is 22.7. The average Bonchev–Trinajstić information content (AvgIpc) is 3.32. The number of para-hydroxylation sites is 1. The first-order valence-corrected chi connectivity index (χ1v) is 13.7. The van der Waals surface area contributed by atoms with Crippen molar-refractivity contribution < 1.29 is 9.53 Å². The molecule has 0 atom stereocenters. The van der Waals surface area contributed by atoms with Gasteiger partial charge in [0.1, 0.15) is 10.8 Å². The van der Waals surface area contributed by atoms with Crippen LogP contribution in [-0.4, -0.2) is 52.2 Å². The molecule has 5 aromatic rings. The fraction of sp³-hybridized carbons (Fsp3) is 0.125. The first-order chi connectivity index (χ1) is 20.4. The Balaban J connectivity index is 1.27. The highest BCUT2D eigenvalue weighted by Crippen LogP contribution is 2.29. The normalized spacial score (nSPS) is 11.5. The van der Waals surface area contributed by atoms with Crippen LogP contribution in [0.3, 0.4) is 0 Å². The Morgan fingerprint density at radius 3 is 2.71 bits per heavy atom. The van der Waals surface area contributed by atoms with Crippen molar-refractivity contribution in [3.05, 3.63) is 120 Å². The minimum absolute atomic E-state index is 0.151. The standard InChI is InChI=1S/C32H30ClN7O2/c1-39(2)17-9-16-30(41)36-25-12-8-13-26(18-25)42-31-28(33)20-34-32(37-31)38-35-19-24-22-40(21-23-10-4-3-5-11-23)29-15-7-6-14-27(24)29/h3-16,18-20,22H,17,21H2,1-2H3,(H,36,41)(H,34,37,38)/b16-9+,35-19+. The molecular formula is C32H30ClN7O2. The number of ether oxygens (including phenoxy) is 1. The summed E-state index contributed by atoms with van der Waals surface area (Å²) in [6.45, 7) is 1.42. The van der Waals surface area contributed by atoms with Gasteiger partial charge in [0.2, 0.25) is 17.7 Å². The Kier molecular flexibility index (Phi) is 9.23. The minimum Gasteiger partial charge on any atom is -0.437 e. The monoisotopic (exact) mass is 579 g/mol. The number of nitrogens with zero attached hydrogens (tertiary/aromatic N) is 5. The molecule has 2 heterocycles. The predicted molar refractivity (Wildman–Crippen MR) is 169 cm³/mol. The SMILES string of the molecule is CN(C)C/C=C/C(=O)Nc1cccc(Oc2nc(N/N=C/c3cn(Cc4ccccc4)c4ccccc34)ncc2Cl)c1. The number of hydrazone groups is 1. The van der Waals surface area contributed by atoms with E-state index in [4.69, 9.17) is 16.3 Å². The number of hydrogen-bond donors (Lipinski definition) is 2. The summed E-state index contributed by atoms with van der Waals surface area (Å²) < 4.78 is 8.11. The lowest BCUT2D eigenvalue weighted by Crippen LogP contribution is -2.12. The van der Waals surface area contributed by atoms with Crippen LogP contribution in [0.25, 0.3) is 10.9 Å². The molecule has 212 valence electrons. The Morgan fingerprint density at radius 2 is 1.88 bits per heavy atom. The number of aromatic nitrogens is 3. The van der Waals surface area contributed by atoms with Crippen molar-refractivity contribution in [1.82, 2.24) is 19.4 Å². The Bertz CT molecular complexity index is 1730. The Morgan fingerprint density at radius 1 is 1.07 bits per heavy atom. The summed E-state index contributed by atoms with van der Waals surface area (Å²) in [6, 6.07) is 25.5. The number of anilines is 2. The van der Waals surface area contributed by atoms with Crippen molar-refractivity contribution in [1.29, 1.82) is 0 Å². The topological polar surface area (TPSA) is 96.7 Å². The average molecular weight is 580 g/mol. The second kappa shape index (κ2) is 13.6. The van der Waals surface area contributed by atoms with E-state index in [-0.39, 0.29) is 22.8 Å². The summed E-state index contributed by atoms with van der Waals surface area (Å²) in [5.41, 5.74) is 6.73. The summed E-state index contributed by atoms with van der Waals surface area (Å²) in [5.74, 6) is 0.584. The molecule has 0 unspecified atom stereocenters. The van der Waals surface area contributed by atoms with E-state index in [2.05, 4.69) is 60.8 Å². The number of halogens is 1. The van der Waals surface area contributed by atoms with E-state index in [9.17, 15) is 4.79 Å². The number of rotatable bonds is 11. The summed E-state index contributed by atoms with van der Waals surface area (Å²) in [7, 11) is 3.86. The van der Waals surface area contributed by atoms with E-state index in [0.717, 1.165) is 23.0 Å². The molecule has 0 aliphatic carbocycles. The van der Waals surface area contributed by atoms with Gasteiger partial charge in [-0.05, 0) is 37.9 Å². The van der Waals surface area contributed by atoms with Gasteiger partial charge in [0, 0.05) is 53.6 Å². The first kappa shape index (κ1) is 28.5. The molecule has 2 N–H and O–H groups in total. The zero-order valence-electron chi connectivity index (χ0n) is 23.2. The molecular weight excluding hydrogens is 550 g/mol. The van der Waals surface area contributed by atoms with Crippen LogP contribution < -0.4 is 15.5 Å². The largest absolute Gasteiger partial charge is 0.437 e. The van der Waals surface area contributed by atoms with Gasteiger partial charge in [0.25, 0.3) is 0 Å². The number of hydrogen-bond acceptors (Lipinski definition) is 7. The maximum absolute atomic E-state index is 12.2. The molecule has 10 heteroatoms. The van der Waals surface area contributed by atoms with E-state index in [1.54, 1.807) is 36.6 Å². The first-order valence-electron chi connectivity index (χ1n) is 13.3. The highest BCUT2D eigenvalue weighted by Gasteiger charge is 2.10. The van der Waals surface area contributed by atoms with Crippen LogP contribution in [0.2, 0.25) is 5.02 Å². The van der Waals surface area contributed by atoms with Crippen molar-refractivity contribution in [2.45, 2.75) is 6.54 Å². The van der Waals surface area contributed by atoms with Gasteiger partial charge in [-0.15, -0.1) is 0 Å². The molecule has 0 aliphatic rings. The molecule has 9 nitrogen and oxygen atoms in total. The van der Waals surface area contributed by atoms with Crippen molar-refractivity contribution >= 4 is 46.3 Å². The van der Waals surface area contributed by atoms with Crippen LogP contribution >= 0.6 is 11.6 Å². The van der Waals surface area contributed by atoms with E-state index in [1.165, 1.54) is 17.8 Å². The fourth-order valence-corrected chi connectivity index (χ4v) is 4.36. The summed E-state index contributed by atoms with van der Waals surface area (Å²) >= 11 is 6.32. The van der Waals surface area contributed by atoms with Crippen molar-refractivity contribution in [2.75, 3.05) is 31.4 Å². The van der Waals surface area contributed by atoms with Crippen molar-refractivity contribution in [3.8, 4) is 11.6 Å². The maximum Gasteiger partial charge on any atom is 0.248 e. The van der Waals surface area contributed by atoms with Gasteiger partial charge in [-0.25, -0.2) is 10.4 Å². The number of nitrogens with one attached hydrogen (secondary N) is 2. The molecule has 0 spiro atoms. The van der Waals surface area contributed by atoms with E-state index >= 15 is 0 Å². The quantitative estimate of drug-likeness (QED) is 0.106. The molecule has 42 heavy (non-hydrogen) atoms. The van der Waals surface area contributed by atoms with Crippen LogP contribution in [0.4, 0.5) is 11.6 Å². The van der Waals surface area contributed by atoms with Crippen molar-refractivity contribution in [3.63, 3.8) is 0 Å². The maximum atomic E-state index is 12.2. The highest BCUT2D eigenvalue weighted by molar-refractivity contribution is 6.31. The lowest BCUT2D eigenvalue weighted by Gasteiger charge is -2.09. The smallest absolute Gasteiger partial charge is 0.248 e. The number of carbonyl (C=O) groups excluding carboxylic acids is 1. The Hall–Kier alpha value is -4.99. The number of likely N-dealkylation sites (N-methyl/N-ethyl adjacent to an activating group) is 1. The predicted octanol–water partition coefficient (Wildman–Crippen LogP) is 6.43. The Labute approximate surface area is 249 Å². The molecule has 3 aromatic carbocycles. The molecule has 5 rings (SSSR count). The second-order valence-corrected chi connectivity index (χ2v) is 10.1. The fourth-order valence-electron chi connectivity index (χ4n) is 4.23. The van der Waals surface area contributed by atoms with Gasteiger partial charge in [-0.3, -0.25) is 4.79 Å². The van der Waals surface area contributed by atoms with Crippen molar-refractivity contribution in [2.24, 2.45) is 5.10 Å². The van der Waals surface area contributed by atoms with Crippen LogP contribution in [-0.2, 0) is 11.3 Å². The summed E-state index contributed by atoms with van der Waals surface area (Å²) in [5, 5.41) is 8.50. The molecule has 0 saturated carbocycles. The highest BCUT2D eigenvalue weighted by atomic mass is 35.5. The van der Waals surface area contributed by atoms with E-state index in [0.29, 0.717) is 18.0 Å². The molecule has 0 aliphatic heterocycles. The van der Waals surface area contributed by atoms with E-state index < -0.39 is 0 Å². The molecule has 0 radical (unpaired) electrons. The number of amides is 1. The van der Waals surface area contributed by atoms with Crippen LogP contribution in [0, 0.1) is 0 Å². The van der Waals surface area contributed by atoms with Gasteiger partial charge in [-0.1, -0.05) is 72.3 Å². The lowest BCUT2D eigenvalue weighted by atomic mass is 10.2. The molecule has 0 saturated heterocycles. The number of fused-ring (bicyclic) bond motifs is 1. The zero-order valence-corrected chi connectivity index (χ0v) is 24.0. The molecule has 2 aromatic heterocycles. The van der Waals surface area contributed by atoms with Crippen LogP contribution in [0.1, 0.15) is 11.1 Å². The molecule has 1 amide bonds. The lowest BCUT2D eigenvalue weighted by molar-refractivity contribution is -0.111. The second-order valence-electron chi connectivity index (χ2n) is 9.72. The third-order valence-electron chi connectivity index (χ3n) is 6.15. The number of benzene rings is 3. The van der Waals surface area contributed by atoms with Gasteiger partial charge in [0.05, 0.1) is 12.4 Å². The van der Waals surface area contributed by atoms with Gasteiger partial charge in [0.15, 0.2) is 0 Å². The summed E-state index contributed by atoms with van der Waals surface area (Å²) in [6.07, 6.45) is 8.53.